The molecule has 7 nitrogen and oxygen atoms in total. The number of benzene rings is 1. The van der Waals surface area contributed by atoms with E-state index in [0.717, 1.165) is 43.7 Å². The second-order valence-electron chi connectivity index (χ2n) is 7.38. The topological polar surface area (TPSA) is 89.1 Å². The van der Waals surface area contributed by atoms with Gasteiger partial charge in [0, 0.05) is 31.9 Å². The van der Waals surface area contributed by atoms with Gasteiger partial charge in [0.15, 0.2) is 0 Å². The van der Waals surface area contributed by atoms with Gasteiger partial charge in [-0.05, 0) is 30.9 Å². The molecule has 3 aliphatic heterocycles. The van der Waals surface area contributed by atoms with Crippen LogP contribution in [-0.4, -0.2) is 44.9 Å². The third-order valence-electron chi connectivity index (χ3n) is 5.72. The third-order valence-corrected chi connectivity index (χ3v) is 5.72. The maximum atomic E-state index is 12.7. The predicted molar refractivity (Wildman–Crippen MR) is 97.8 cm³/mol. The summed E-state index contributed by atoms with van der Waals surface area (Å²) >= 11 is 0. The molecule has 3 fully saturated rings. The Bertz CT molecular complexity index is 745. The molecule has 0 spiro atoms. The van der Waals surface area contributed by atoms with E-state index >= 15 is 0 Å². The van der Waals surface area contributed by atoms with E-state index in [1.54, 1.807) is 0 Å². The van der Waals surface area contributed by atoms with Crippen LogP contribution in [0.1, 0.15) is 24.1 Å². The maximum Gasteiger partial charge on any atom is 0.224 e. The normalized spacial score (nSPS) is 27.4. The standard InChI is InChI=1S/C19H26N6O/c20-9-16-11-25(23-22-16)12-17-8-15-6-7-24(17)13-18(15)19(26)21-10-14-4-2-1-3-5-14/h1-5,11,15,17-18H,6-10,12-13,20H2,(H,21,26)/t15-,17-,18+/m1/s1. The molecule has 1 aromatic heterocycles. The fourth-order valence-electron chi connectivity index (χ4n) is 4.28. The van der Waals surface area contributed by atoms with Crippen LogP contribution in [0.25, 0.3) is 0 Å². The van der Waals surface area contributed by atoms with Crippen molar-refractivity contribution in [1.29, 1.82) is 0 Å². The molecule has 5 rings (SSSR count). The van der Waals surface area contributed by atoms with Gasteiger partial charge in [0.25, 0.3) is 0 Å². The number of piperidine rings is 3. The number of carbonyl (C=O) groups excluding carboxylic acids is 1. The van der Waals surface area contributed by atoms with Gasteiger partial charge in [-0.15, -0.1) is 5.10 Å². The molecule has 2 bridgehead atoms. The first-order chi connectivity index (χ1) is 12.7. The number of fused-ring (bicyclic) bond motifs is 3. The summed E-state index contributed by atoms with van der Waals surface area (Å²) in [7, 11) is 0. The van der Waals surface area contributed by atoms with E-state index in [2.05, 4.69) is 20.5 Å². The number of rotatable bonds is 6. The smallest absolute Gasteiger partial charge is 0.224 e. The Balaban J connectivity index is 1.33. The molecule has 4 atom stereocenters. The molecular weight excluding hydrogens is 328 g/mol. The summed E-state index contributed by atoms with van der Waals surface area (Å²) in [6.45, 7) is 3.75. The molecule has 0 aliphatic carbocycles. The number of carbonyl (C=O) groups is 1. The van der Waals surface area contributed by atoms with E-state index in [1.807, 2.05) is 41.2 Å². The Hall–Kier alpha value is -2.25. The monoisotopic (exact) mass is 354 g/mol. The highest BCUT2D eigenvalue weighted by Crippen LogP contribution is 2.36. The number of nitrogens with two attached hydrogens (primary N) is 1. The van der Waals surface area contributed by atoms with E-state index in [-0.39, 0.29) is 11.8 Å². The van der Waals surface area contributed by atoms with Crippen LogP contribution in [0, 0.1) is 11.8 Å². The van der Waals surface area contributed by atoms with E-state index in [0.29, 0.717) is 25.0 Å². The van der Waals surface area contributed by atoms with Gasteiger partial charge >= 0.3 is 0 Å². The quantitative estimate of drug-likeness (QED) is 0.800. The molecule has 4 heterocycles. The molecule has 26 heavy (non-hydrogen) atoms. The van der Waals surface area contributed by atoms with Gasteiger partial charge in [0.05, 0.1) is 18.2 Å². The number of amides is 1. The number of nitrogens with one attached hydrogen (secondary N) is 1. The Morgan fingerprint density at radius 1 is 1.31 bits per heavy atom. The van der Waals surface area contributed by atoms with Crippen LogP contribution in [-0.2, 0) is 24.4 Å². The zero-order valence-electron chi connectivity index (χ0n) is 14.9. The fraction of sp³-hybridized carbons (Fsp3) is 0.526. The second-order valence-corrected chi connectivity index (χ2v) is 7.38. The molecule has 1 aromatic carbocycles. The van der Waals surface area contributed by atoms with Gasteiger partial charge in [0.2, 0.25) is 5.91 Å². The molecule has 3 N–H and O–H groups in total. The molecular formula is C19H26N6O. The zero-order chi connectivity index (χ0) is 17.9. The molecule has 3 saturated heterocycles. The van der Waals surface area contributed by atoms with Gasteiger partial charge in [-0.1, -0.05) is 35.5 Å². The first-order valence-electron chi connectivity index (χ1n) is 9.37. The number of aromatic nitrogens is 3. The molecule has 138 valence electrons. The van der Waals surface area contributed by atoms with Gasteiger partial charge in [0.1, 0.15) is 0 Å². The summed E-state index contributed by atoms with van der Waals surface area (Å²) < 4.78 is 1.89. The Labute approximate surface area is 153 Å². The van der Waals surface area contributed by atoms with Crippen LogP contribution in [0.2, 0.25) is 0 Å². The van der Waals surface area contributed by atoms with Gasteiger partial charge in [-0.25, -0.2) is 0 Å². The predicted octanol–water partition coefficient (Wildman–Crippen LogP) is 0.764. The minimum Gasteiger partial charge on any atom is -0.352 e. The van der Waals surface area contributed by atoms with E-state index < -0.39 is 0 Å². The summed E-state index contributed by atoms with van der Waals surface area (Å²) in [5, 5.41) is 11.3. The van der Waals surface area contributed by atoms with Crippen LogP contribution in [0.4, 0.5) is 0 Å². The summed E-state index contributed by atoms with van der Waals surface area (Å²) in [6.07, 6.45) is 4.07. The average molecular weight is 354 g/mol. The first kappa shape index (κ1) is 17.2. The highest BCUT2D eigenvalue weighted by molar-refractivity contribution is 5.79. The van der Waals surface area contributed by atoms with Crippen molar-refractivity contribution < 1.29 is 4.79 Å². The van der Waals surface area contributed by atoms with Gasteiger partial charge in [-0.2, -0.15) is 0 Å². The van der Waals surface area contributed by atoms with E-state index in [1.165, 1.54) is 0 Å². The average Bonchev–Trinajstić information content (AvgIpc) is 3.15. The lowest BCUT2D eigenvalue weighted by molar-refractivity contribution is -0.133. The van der Waals surface area contributed by atoms with Crippen LogP contribution in [0.3, 0.4) is 0 Å². The molecule has 7 heteroatoms. The van der Waals surface area contributed by atoms with Crippen LogP contribution >= 0.6 is 0 Å². The number of nitrogens with zero attached hydrogens (tertiary/aromatic N) is 4. The van der Waals surface area contributed by atoms with Crippen LogP contribution in [0.5, 0.6) is 0 Å². The van der Waals surface area contributed by atoms with Gasteiger partial charge < -0.3 is 11.1 Å². The summed E-state index contributed by atoms with van der Waals surface area (Å²) in [5.41, 5.74) is 7.57. The largest absolute Gasteiger partial charge is 0.352 e. The Morgan fingerprint density at radius 3 is 2.85 bits per heavy atom. The highest BCUT2D eigenvalue weighted by Gasteiger charge is 2.43. The zero-order valence-corrected chi connectivity index (χ0v) is 14.9. The van der Waals surface area contributed by atoms with Crippen molar-refractivity contribution >= 4 is 5.91 Å². The van der Waals surface area contributed by atoms with Gasteiger partial charge in [-0.3, -0.25) is 14.4 Å². The first-order valence-corrected chi connectivity index (χ1v) is 9.37. The van der Waals surface area contributed by atoms with E-state index in [9.17, 15) is 4.79 Å². The fourth-order valence-corrected chi connectivity index (χ4v) is 4.28. The molecule has 0 radical (unpaired) electrons. The van der Waals surface area contributed by atoms with E-state index in [4.69, 9.17) is 5.73 Å². The lowest BCUT2D eigenvalue weighted by Gasteiger charge is -2.49. The molecule has 3 aliphatic rings. The van der Waals surface area contributed by atoms with Crippen molar-refractivity contribution in [2.45, 2.75) is 38.5 Å². The molecule has 0 saturated carbocycles. The van der Waals surface area contributed by atoms with Crippen molar-refractivity contribution in [3.63, 3.8) is 0 Å². The van der Waals surface area contributed by atoms with Crippen molar-refractivity contribution in [1.82, 2.24) is 25.2 Å². The Morgan fingerprint density at radius 2 is 2.15 bits per heavy atom. The minimum absolute atomic E-state index is 0.0964. The number of hydrogen-bond acceptors (Lipinski definition) is 5. The maximum absolute atomic E-state index is 12.7. The Kier molecular flexibility index (Phi) is 4.99. The molecule has 2 aromatic rings. The molecule has 1 amide bonds. The summed E-state index contributed by atoms with van der Waals surface area (Å²) in [4.78, 5) is 15.1. The summed E-state index contributed by atoms with van der Waals surface area (Å²) in [6, 6.07) is 10.5. The van der Waals surface area contributed by atoms with Crippen molar-refractivity contribution in [3.8, 4) is 0 Å². The van der Waals surface area contributed by atoms with Crippen molar-refractivity contribution in [3.05, 3.63) is 47.8 Å². The highest BCUT2D eigenvalue weighted by atomic mass is 16.1. The number of hydrogen-bond donors (Lipinski definition) is 2. The van der Waals surface area contributed by atoms with Crippen LogP contribution < -0.4 is 11.1 Å². The second kappa shape index (κ2) is 7.55. The third kappa shape index (κ3) is 3.64. The lowest BCUT2D eigenvalue weighted by Crippen LogP contribution is -2.58. The minimum atomic E-state index is 0.0964. The summed E-state index contributed by atoms with van der Waals surface area (Å²) in [5.74, 6) is 0.741. The van der Waals surface area contributed by atoms with Crippen molar-refractivity contribution in [2.75, 3.05) is 13.1 Å². The lowest BCUT2D eigenvalue weighted by atomic mass is 9.75. The van der Waals surface area contributed by atoms with Crippen LogP contribution in [0.15, 0.2) is 36.5 Å². The SMILES string of the molecule is NCc1cn(C[C@H]2C[C@H]3CCN2C[C@@H]3C(=O)NCc2ccccc2)nn1. The molecule has 1 unspecified atom stereocenters. The van der Waals surface area contributed by atoms with Crippen molar-refractivity contribution in [2.24, 2.45) is 17.6 Å².